The highest BCUT2D eigenvalue weighted by molar-refractivity contribution is 5.92. The molecular formula is C15H16O3. The highest BCUT2D eigenvalue weighted by atomic mass is 16.5. The molecule has 1 heterocycles. The van der Waals surface area contributed by atoms with E-state index in [4.69, 9.17) is 4.74 Å². The van der Waals surface area contributed by atoms with Gasteiger partial charge in [-0.05, 0) is 30.1 Å². The normalized spacial score (nSPS) is 29.8. The van der Waals surface area contributed by atoms with Gasteiger partial charge in [0.25, 0.3) is 0 Å². The summed E-state index contributed by atoms with van der Waals surface area (Å²) in [6.45, 7) is 3.57. The van der Waals surface area contributed by atoms with Crippen LogP contribution in [0.15, 0.2) is 46.5 Å². The molecule has 0 saturated heterocycles. The van der Waals surface area contributed by atoms with E-state index in [9.17, 15) is 9.90 Å². The summed E-state index contributed by atoms with van der Waals surface area (Å²) in [4.78, 5) is 11.4. The number of hydrogen-bond acceptors (Lipinski definition) is 3. The Balaban J connectivity index is 2.10. The highest BCUT2D eigenvalue weighted by Gasteiger charge is 2.39. The molecule has 18 heavy (non-hydrogen) atoms. The third-order valence-electron chi connectivity index (χ3n) is 3.90. The van der Waals surface area contributed by atoms with Gasteiger partial charge in [0.15, 0.2) is 11.5 Å². The number of carbonyl (C=O) groups is 1. The minimum atomic E-state index is -0.217. The van der Waals surface area contributed by atoms with E-state index in [1.54, 1.807) is 6.08 Å². The summed E-state index contributed by atoms with van der Waals surface area (Å²) in [6, 6.07) is 0. The Morgan fingerprint density at radius 3 is 2.94 bits per heavy atom. The number of carbonyl (C=O) groups excluding carboxylic acids is 1. The molecule has 0 bridgehead atoms. The topological polar surface area (TPSA) is 46.5 Å². The molecule has 3 aliphatic rings. The van der Waals surface area contributed by atoms with Crippen LogP contribution in [0.4, 0.5) is 0 Å². The molecule has 1 aliphatic heterocycles. The predicted molar refractivity (Wildman–Crippen MR) is 67.9 cm³/mol. The molecule has 0 unspecified atom stereocenters. The van der Waals surface area contributed by atoms with Crippen molar-refractivity contribution in [3.8, 4) is 0 Å². The van der Waals surface area contributed by atoms with E-state index in [0.717, 1.165) is 29.6 Å². The highest BCUT2D eigenvalue weighted by Crippen LogP contribution is 2.43. The zero-order chi connectivity index (χ0) is 12.9. The van der Waals surface area contributed by atoms with Gasteiger partial charge in [-0.1, -0.05) is 19.1 Å². The fourth-order valence-electron chi connectivity index (χ4n) is 2.92. The maximum atomic E-state index is 11.4. The summed E-state index contributed by atoms with van der Waals surface area (Å²) in [7, 11) is 0. The van der Waals surface area contributed by atoms with Crippen molar-refractivity contribution in [2.75, 3.05) is 0 Å². The lowest BCUT2D eigenvalue weighted by molar-refractivity contribution is -0.117. The first-order chi connectivity index (χ1) is 8.59. The third-order valence-corrected chi connectivity index (χ3v) is 3.90. The fraction of sp³-hybridized carbons (Fsp3) is 0.400. The van der Waals surface area contributed by atoms with Crippen LogP contribution in [0, 0.1) is 5.92 Å². The molecule has 0 aromatic carbocycles. The lowest BCUT2D eigenvalue weighted by Crippen LogP contribution is -2.28. The molecule has 3 heteroatoms. The maximum absolute atomic E-state index is 11.4. The summed E-state index contributed by atoms with van der Waals surface area (Å²) in [5.41, 5.74) is 2.92. The lowest BCUT2D eigenvalue weighted by Gasteiger charge is -2.31. The van der Waals surface area contributed by atoms with E-state index in [0.29, 0.717) is 11.5 Å². The van der Waals surface area contributed by atoms with Crippen LogP contribution in [0.5, 0.6) is 0 Å². The molecule has 1 N–H and O–H groups in total. The van der Waals surface area contributed by atoms with E-state index in [1.807, 2.05) is 0 Å². The number of aliphatic hydroxyl groups is 1. The van der Waals surface area contributed by atoms with E-state index in [1.165, 1.54) is 6.92 Å². The Hall–Kier alpha value is -1.77. The zero-order valence-electron chi connectivity index (χ0n) is 10.6. The van der Waals surface area contributed by atoms with Gasteiger partial charge in [-0.2, -0.15) is 0 Å². The van der Waals surface area contributed by atoms with Gasteiger partial charge in [-0.3, -0.25) is 4.79 Å². The molecule has 0 aromatic heterocycles. The van der Waals surface area contributed by atoms with Gasteiger partial charge in [0.05, 0.1) is 0 Å². The van der Waals surface area contributed by atoms with Crippen molar-refractivity contribution in [1.82, 2.24) is 0 Å². The summed E-state index contributed by atoms with van der Waals surface area (Å²) < 4.78 is 5.68. The minimum absolute atomic E-state index is 0.0922. The fourth-order valence-corrected chi connectivity index (χ4v) is 2.92. The second kappa shape index (κ2) is 3.87. The zero-order valence-corrected chi connectivity index (χ0v) is 10.6. The van der Waals surface area contributed by atoms with Crippen molar-refractivity contribution >= 4 is 5.78 Å². The van der Waals surface area contributed by atoms with Crippen molar-refractivity contribution in [1.29, 1.82) is 0 Å². The summed E-state index contributed by atoms with van der Waals surface area (Å²) >= 11 is 0. The SMILES string of the molecule is CC(=O)C1=CC2=C(O)C3=C(C=CCC3)[C@H](C)[C@@H]2O1. The van der Waals surface area contributed by atoms with Crippen LogP contribution in [0.1, 0.15) is 26.7 Å². The molecule has 0 saturated carbocycles. The maximum Gasteiger partial charge on any atom is 0.194 e. The van der Waals surface area contributed by atoms with Gasteiger partial charge < -0.3 is 9.84 Å². The van der Waals surface area contributed by atoms with Crippen molar-refractivity contribution in [3.63, 3.8) is 0 Å². The molecule has 94 valence electrons. The van der Waals surface area contributed by atoms with Gasteiger partial charge in [0, 0.05) is 18.4 Å². The van der Waals surface area contributed by atoms with Crippen LogP contribution in [-0.2, 0) is 9.53 Å². The average Bonchev–Trinajstić information content (AvgIpc) is 2.81. The van der Waals surface area contributed by atoms with Gasteiger partial charge in [-0.25, -0.2) is 0 Å². The number of ketones is 1. The number of allylic oxidation sites excluding steroid dienone is 4. The first kappa shape index (κ1) is 11.3. The van der Waals surface area contributed by atoms with Crippen LogP contribution >= 0.6 is 0 Å². The van der Waals surface area contributed by atoms with E-state index >= 15 is 0 Å². The Bertz CT molecular complexity index is 546. The lowest BCUT2D eigenvalue weighted by atomic mass is 9.78. The molecule has 0 fully saturated rings. The molecule has 0 radical (unpaired) electrons. The van der Waals surface area contributed by atoms with Gasteiger partial charge in [-0.15, -0.1) is 0 Å². The Morgan fingerprint density at radius 1 is 1.44 bits per heavy atom. The number of fused-ring (bicyclic) bond motifs is 1. The van der Waals surface area contributed by atoms with Crippen LogP contribution in [0.2, 0.25) is 0 Å². The number of aliphatic hydroxyl groups excluding tert-OH is 1. The minimum Gasteiger partial charge on any atom is -0.507 e. The first-order valence-corrected chi connectivity index (χ1v) is 6.32. The summed E-state index contributed by atoms with van der Waals surface area (Å²) in [5, 5.41) is 10.3. The Labute approximate surface area is 106 Å². The third kappa shape index (κ3) is 1.47. The molecule has 3 rings (SSSR count). The number of ether oxygens (including phenoxy) is 1. The van der Waals surface area contributed by atoms with Crippen LogP contribution in [-0.4, -0.2) is 17.0 Å². The number of hydrogen-bond donors (Lipinski definition) is 1. The predicted octanol–water partition coefficient (Wildman–Crippen LogP) is 2.97. The van der Waals surface area contributed by atoms with Crippen molar-refractivity contribution in [3.05, 3.63) is 46.5 Å². The molecule has 2 aliphatic carbocycles. The standard InChI is InChI=1S/C15H16O3/c1-8-10-5-3-4-6-11(10)14(17)12-7-13(9(2)16)18-15(8)12/h3,5,7-8,15,17H,4,6H2,1-2H3/t8-,15-/m0/s1. The molecule has 0 spiro atoms. The first-order valence-electron chi connectivity index (χ1n) is 6.32. The monoisotopic (exact) mass is 244 g/mol. The van der Waals surface area contributed by atoms with E-state index in [-0.39, 0.29) is 17.8 Å². The van der Waals surface area contributed by atoms with Crippen LogP contribution in [0.3, 0.4) is 0 Å². The molecule has 0 amide bonds. The second-order valence-corrected chi connectivity index (χ2v) is 5.07. The Morgan fingerprint density at radius 2 is 2.22 bits per heavy atom. The average molecular weight is 244 g/mol. The molecule has 2 atom stereocenters. The van der Waals surface area contributed by atoms with E-state index < -0.39 is 0 Å². The number of Topliss-reactive ketones (excluding diaryl/α,β-unsaturated/α-hetero) is 1. The molecular weight excluding hydrogens is 228 g/mol. The number of rotatable bonds is 1. The van der Waals surface area contributed by atoms with Crippen molar-refractivity contribution in [2.45, 2.75) is 32.8 Å². The molecule has 3 nitrogen and oxygen atoms in total. The van der Waals surface area contributed by atoms with Gasteiger partial charge in [0.1, 0.15) is 11.9 Å². The Kier molecular flexibility index (Phi) is 2.44. The van der Waals surface area contributed by atoms with Crippen molar-refractivity contribution < 1.29 is 14.6 Å². The van der Waals surface area contributed by atoms with E-state index in [2.05, 4.69) is 19.1 Å². The largest absolute Gasteiger partial charge is 0.507 e. The summed E-state index contributed by atoms with van der Waals surface area (Å²) in [6.07, 6.45) is 7.50. The van der Waals surface area contributed by atoms with Crippen LogP contribution in [0.25, 0.3) is 0 Å². The van der Waals surface area contributed by atoms with Crippen molar-refractivity contribution in [2.24, 2.45) is 5.92 Å². The van der Waals surface area contributed by atoms with Gasteiger partial charge in [0.2, 0.25) is 0 Å². The summed E-state index contributed by atoms with van der Waals surface area (Å²) in [5.74, 6) is 0.756. The quantitative estimate of drug-likeness (QED) is 0.771. The molecule has 0 aromatic rings. The second-order valence-electron chi connectivity index (χ2n) is 5.07. The van der Waals surface area contributed by atoms with Gasteiger partial charge >= 0.3 is 0 Å². The van der Waals surface area contributed by atoms with Crippen LogP contribution < -0.4 is 0 Å². The smallest absolute Gasteiger partial charge is 0.194 e.